The van der Waals surface area contributed by atoms with Crippen molar-refractivity contribution in [2.45, 2.75) is 39.5 Å². The van der Waals surface area contributed by atoms with Crippen LogP contribution in [0.25, 0.3) is 0 Å². The molecular weight excluding hydrogens is 256 g/mol. The smallest absolute Gasteiger partial charge is 0.254 e. The fourth-order valence-electron chi connectivity index (χ4n) is 2.66. The van der Waals surface area contributed by atoms with E-state index in [9.17, 15) is 4.79 Å². The summed E-state index contributed by atoms with van der Waals surface area (Å²) >= 11 is 1.75. The van der Waals surface area contributed by atoms with Crippen LogP contribution in [0.1, 0.15) is 47.5 Å². The molecule has 0 atom stereocenters. The number of rotatable bonds is 4. The van der Waals surface area contributed by atoms with Gasteiger partial charge in [-0.3, -0.25) is 4.79 Å². The van der Waals surface area contributed by atoms with Crippen LogP contribution < -0.4 is 5.73 Å². The highest BCUT2D eigenvalue weighted by Crippen LogP contribution is 2.31. The molecule has 1 aromatic heterocycles. The van der Waals surface area contributed by atoms with Gasteiger partial charge in [0.25, 0.3) is 5.91 Å². The molecule has 0 unspecified atom stereocenters. The van der Waals surface area contributed by atoms with Crippen LogP contribution in [-0.2, 0) is 12.8 Å². The first-order chi connectivity index (χ1) is 8.94. The highest BCUT2D eigenvalue weighted by atomic mass is 32.1. The molecular formula is C15H24N2OS. The topological polar surface area (TPSA) is 46.3 Å². The van der Waals surface area contributed by atoms with Gasteiger partial charge in [0.15, 0.2) is 0 Å². The maximum absolute atomic E-state index is 12.6. The largest absolute Gasteiger partial charge is 0.341 e. The highest BCUT2D eigenvalue weighted by molar-refractivity contribution is 7.10. The van der Waals surface area contributed by atoms with E-state index in [1.165, 1.54) is 23.3 Å². The molecule has 0 fully saturated rings. The van der Waals surface area contributed by atoms with E-state index in [0.717, 1.165) is 18.4 Å². The van der Waals surface area contributed by atoms with E-state index in [2.05, 4.69) is 13.8 Å². The Hall–Kier alpha value is -0.870. The van der Waals surface area contributed by atoms with Gasteiger partial charge >= 0.3 is 0 Å². The second-order valence-corrected chi connectivity index (χ2v) is 7.25. The number of hydrogen-bond acceptors (Lipinski definition) is 3. The zero-order chi connectivity index (χ0) is 14.0. The van der Waals surface area contributed by atoms with Crippen LogP contribution in [0.5, 0.6) is 0 Å². The molecule has 3 nitrogen and oxygen atoms in total. The average Bonchev–Trinajstić information content (AvgIpc) is 2.81. The normalized spacial score (nSPS) is 15.2. The minimum Gasteiger partial charge on any atom is -0.341 e. The zero-order valence-electron chi connectivity index (χ0n) is 12.2. The average molecular weight is 280 g/mol. The van der Waals surface area contributed by atoms with Crippen molar-refractivity contribution in [3.63, 3.8) is 0 Å². The van der Waals surface area contributed by atoms with E-state index >= 15 is 0 Å². The van der Waals surface area contributed by atoms with Gasteiger partial charge in [-0.05, 0) is 43.2 Å². The van der Waals surface area contributed by atoms with Gasteiger partial charge in [-0.1, -0.05) is 13.8 Å². The lowest BCUT2D eigenvalue weighted by molar-refractivity contribution is 0.0740. The summed E-state index contributed by atoms with van der Waals surface area (Å²) in [6.07, 6.45) is 4.68. The first-order valence-electron chi connectivity index (χ1n) is 6.99. The first-order valence-corrected chi connectivity index (χ1v) is 7.87. The van der Waals surface area contributed by atoms with Gasteiger partial charge in [-0.15, -0.1) is 11.3 Å². The molecule has 1 aliphatic rings. The van der Waals surface area contributed by atoms with Crippen molar-refractivity contribution in [3.8, 4) is 0 Å². The van der Waals surface area contributed by atoms with Crippen LogP contribution in [-0.4, -0.2) is 30.9 Å². The number of carbonyl (C=O) groups excluding carboxylic acids is 1. The molecule has 1 amide bonds. The van der Waals surface area contributed by atoms with Crippen molar-refractivity contribution in [1.82, 2.24) is 4.90 Å². The van der Waals surface area contributed by atoms with Gasteiger partial charge in [-0.2, -0.15) is 0 Å². The molecule has 0 bridgehead atoms. The van der Waals surface area contributed by atoms with Gasteiger partial charge in [0.2, 0.25) is 0 Å². The second-order valence-electron chi connectivity index (χ2n) is 6.29. The van der Waals surface area contributed by atoms with Crippen LogP contribution >= 0.6 is 11.3 Å². The Labute approximate surface area is 119 Å². The Bertz CT molecular complexity index is 465. The van der Waals surface area contributed by atoms with Gasteiger partial charge in [0, 0.05) is 23.8 Å². The SMILES string of the molecule is CN(CC(C)(C)CN)C(=O)c1csc2c1CCCC2. The summed E-state index contributed by atoms with van der Waals surface area (Å²) in [5.74, 6) is 0.154. The summed E-state index contributed by atoms with van der Waals surface area (Å²) in [5, 5.41) is 2.05. The number of hydrogen-bond donors (Lipinski definition) is 1. The number of nitrogens with two attached hydrogens (primary N) is 1. The maximum Gasteiger partial charge on any atom is 0.254 e. The standard InChI is InChI=1S/C15H24N2OS/c1-15(2,9-16)10-17(3)14(18)12-8-19-13-7-5-4-6-11(12)13/h8H,4-7,9-10,16H2,1-3H3. The minimum atomic E-state index is -0.0273. The predicted octanol–water partition coefficient (Wildman–Crippen LogP) is 2.68. The molecule has 19 heavy (non-hydrogen) atoms. The van der Waals surface area contributed by atoms with Gasteiger partial charge in [0.05, 0.1) is 5.56 Å². The fourth-order valence-corrected chi connectivity index (χ4v) is 3.78. The summed E-state index contributed by atoms with van der Waals surface area (Å²) in [7, 11) is 1.88. The summed E-state index contributed by atoms with van der Waals surface area (Å²) in [5.41, 5.74) is 7.95. The fraction of sp³-hybridized carbons (Fsp3) is 0.667. The van der Waals surface area contributed by atoms with Gasteiger partial charge < -0.3 is 10.6 Å². The molecule has 0 spiro atoms. The molecule has 2 N–H and O–H groups in total. The van der Waals surface area contributed by atoms with Crippen LogP contribution in [0, 0.1) is 5.41 Å². The lowest BCUT2D eigenvalue weighted by atomic mass is 9.92. The molecule has 0 aromatic carbocycles. The van der Waals surface area contributed by atoms with Crippen molar-refractivity contribution in [2.24, 2.45) is 11.1 Å². The second kappa shape index (κ2) is 5.63. The molecule has 0 saturated carbocycles. The number of carbonyl (C=O) groups is 1. The van der Waals surface area contributed by atoms with E-state index in [4.69, 9.17) is 5.73 Å². The summed E-state index contributed by atoms with van der Waals surface area (Å²) < 4.78 is 0. The zero-order valence-corrected chi connectivity index (χ0v) is 13.0. The Morgan fingerprint density at radius 2 is 2.11 bits per heavy atom. The molecule has 1 heterocycles. The van der Waals surface area contributed by atoms with E-state index in [-0.39, 0.29) is 11.3 Å². The van der Waals surface area contributed by atoms with Crippen LogP contribution in [0.4, 0.5) is 0 Å². The predicted molar refractivity (Wildman–Crippen MR) is 80.8 cm³/mol. The number of aryl methyl sites for hydroxylation is 1. The number of amides is 1. The van der Waals surface area contributed by atoms with E-state index in [1.54, 1.807) is 11.3 Å². The third kappa shape index (κ3) is 3.18. The van der Waals surface area contributed by atoms with Crippen molar-refractivity contribution in [3.05, 3.63) is 21.4 Å². The first kappa shape index (κ1) is 14.5. The third-order valence-electron chi connectivity index (χ3n) is 3.86. The van der Waals surface area contributed by atoms with Crippen LogP contribution in [0.15, 0.2) is 5.38 Å². The molecule has 0 aliphatic heterocycles. The van der Waals surface area contributed by atoms with E-state index in [0.29, 0.717) is 13.1 Å². The number of nitrogens with zero attached hydrogens (tertiary/aromatic N) is 1. The number of fused-ring (bicyclic) bond motifs is 1. The Morgan fingerprint density at radius 1 is 1.42 bits per heavy atom. The molecule has 0 saturated heterocycles. The van der Waals surface area contributed by atoms with E-state index in [1.807, 2.05) is 17.3 Å². The van der Waals surface area contributed by atoms with Crippen molar-refractivity contribution in [2.75, 3.05) is 20.1 Å². The van der Waals surface area contributed by atoms with Crippen molar-refractivity contribution >= 4 is 17.2 Å². The molecule has 1 aliphatic carbocycles. The summed E-state index contributed by atoms with van der Waals surface area (Å²) in [6, 6.07) is 0. The Kier molecular flexibility index (Phi) is 4.31. The van der Waals surface area contributed by atoms with Gasteiger partial charge in [-0.25, -0.2) is 0 Å². The lowest BCUT2D eigenvalue weighted by Gasteiger charge is -2.29. The quantitative estimate of drug-likeness (QED) is 0.921. The molecule has 2 rings (SSSR count). The van der Waals surface area contributed by atoms with E-state index < -0.39 is 0 Å². The van der Waals surface area contributed by atoms with Gasteiger partial charge in [0.1, 0.15) is 0 Å². The van der Waals surface area contributed by atoms with Crippen molar-refractivity contribution in [1.29, 1.82) is 0 Å². The minimum absolute atomic E-state index is 0.0273. The summed E-state index contributed by atoms with van der Waals surface area (Å²) in [6.45, 7) is 5.49. The van der Waals surface area contributed by atoms with Crippen molar-refractivity contribution < 1.29 is 4.79 Å². The van der Waals surface area contributed by atoms with Crippen LogP contribution in [0.2, 0.25) is 0 Å². The summed E-state index contributed by atoms with van der Waals surface area (Å²) in [4.78, 5) is 15.8. The highest BCUT2D eigenvalue weighted by Gasteiger charge is 2.25. The maximum atomic E-state index is 12.6. The Morgan fingerprint density at radius 3 is 2.79 bits per heavy atom. The third-order valence-corrected chi connectivity index (χ3v) is 4.94. The molecule has 106 valence electrons. The van der Waals surface area contributed by atoms with Crippen LogP contribution in [0.3, 0.4) is 0 Å². The monoisotopic (exact) mass is 280 g/mol. The number of thiophene rings is 1. The molecule has 0 radical (unpaired) electrons. The Balaban J connectivity index is 2.13. The lowest BCUT2D eigenvalue weighted by Crippen LogP contribution is -2.40. The molecule has 1 aromatic rings. The molecule has 4 heteroatoms.